The molecule has 3 rings (SSSR count). The lowest BCUT2D eigenvalue weighted by atomic mass is 9.97. The summed E-state index contributed by atoms with van der Waals surface area (Å²) < 4.78 is 55.4. The van der Waals surface area contributed by atoms with E-state index in [2.05, 4.69) is 5.32 Å². The molecule has 172 valence electrons. The van der Waals surface area contributed by atoms with Gasteiger partial charge in [-0.25, -0.2) is 17.2 Å². The molecular formula is C22H25F2N3O4S. The molecule has 0 aliphatic carbocycles. The van der Waals surface area contributed by atoms with E-state index in [1.54, 1.807) is 6.07 Å². The first kappa shape index (κ1) is 23.8. The second-order valence-electron chi connectivity index (χ2n) is 7.93. The Hall–Kier alpha value is -2.85. The summed E-state index contributed by atoms with van der Waals surface area (Å²) in [7, 11) is -0.781. The van der Waals surface area contributed by atoms with Gasteiger partial charge in [-0.3, -0.25) is 9.59 Å². The molecule has 0 unspecified atom stereocenters. The molecule has 2 aromatic rings. The molecule has 0 radical (unpaired) electrons. The van der Waals surface area contributed by atoms with Gasteiger partial charge in [-0.05, 0) is 44.0 Å². The third kappa shape index (κ3) is 4.97. The van der Waals surface area contributed by atoms with E-state index in [0.717, 1.165) is 12.1 Å². The van der Waals surface area contributed by atoms with E-state index in [-0.39, 0.29) is 48.0 Å². The smallest absolute Gasteiger partial charge is 0.243 e. The molecule has 0 bridgehead atoms. The first-order chi connectivity index (χ1) is 15.0. The van der Waals surface area contributed by atoms with Gasteiger partial charge in [0.15, 0.2) is 17.4 Å². The van der Waals surface area contributed by atoms with Gasteiger partial charge in [-0.15, -0.1) is 0 Å². The Morgan fingerprint density at radius 3 is 2.19 bits per heavy atom. The molecule has 32 heavy (non-hydrogen) atoms. The van der Waals surface area contributed by atoms with Crippen molar-refractivity contribution in [2.45, 2.75) is 24.7 Å². The van der Waals surface area contributed by atoms with Crippen LogP contribution in [-0.4, -0.2) is 51.6 Å². The highest BCUT2D eigenvalue weighted by molar-refractivity contribution is 7.89. The quantitative estimate of drug-likeness (QED) is 0.662. The van der Waals surface area contributed by atoms with Crippen molar-refractivity contribution in [1.29, 1.82) is 0 Å². The average molecular weight is 466 g/mol. The highest BCUT2D eigenvalue weighted by Gasteiger charge is 2.32. The Bertz CT molecular complexity index is 1120. The molecule has 1 fully saturated rings. The number of Topliss-reactive ketones (excluding diaryl/α,β-unsaturated/α-hetero) is 1. The van der Waals surface area contributed by atoms with Crippen LogP contribution in [0.2, 0.25) is 0 Å². The minimum atomic E-state index is -3.80. The van der Waals surface area contributed by atoms with Gasteiger partial charge >= 0.3 is 0 Å². The number of ketones is 1. The number of piperidine rings is 1. The topological polar surface area (TPSA) is 86.8 Å². The number of nitrogens with zero attached hydrogens (tertiary/aromatic N) is 2. The van der Waals surface area contributed by atoms with Gasteiger partial charge in [-0.2, -0.15) is 4.31 Å². The lowest BCUT2D eigenvalue weighted by Crippen LogP contribution is -2.41. The molecule has 0 aromatic heterocycles. The van der Waals surface area contributed by atoms with Crippen molar-refractivity contribution in [2.24, 2.45) is 5.92 Å². The minimum absolute atomic E-state index is 0.00620. The SMILES string of the molecule is CC(=O)c1cccc(S(=O)(=O)N2CCC(C(=O)Nc3cc(F)c(N(C)C)c(F)c3)CC2)c1. The van der Waals surface area contributed by atoms with Crippen LogP contribution in [0.3, 0.4) is 0 Å². The first-order valence-electron chi connectivity index (χ1n) is 10.1. The number of carbonyl (C=O) groups excluding carboxylic acids is 2. The molecule has 1 aliphatic heterocycles. The molecule has 0 atom stereocenters. The fourth-order valence-corrected chi connectivity index (χ4v) is 5.21. The summed E-state index contributed by atoms with van der Waals surface area (Å²) in [6.45, 7) is 1.60. The van der Waals surface area contributed by atoms with Crippen LogP contribution in [0, 0.1) is 17.6 Å². The Morgan fingerprint density at radius 1 is 1.06 bits per heavy atom. The van der Waals surface area contributed by atoms with E-state index in [1.807, 2.05) is 0 Å². The fourth-order valence-electron chi connectivity index (χ4n) is 3.69. The van der Waals surface area contributed by atoms with Crippen molar-refractivity contribution in [3.05, 3.63) is 53.6 Å². The average Bonchev–Trinajstić information content (AvgIpc) is 2.73. The van der Waals surface area contributed by atoms with Gasteiger partial charge in [-0.1, -0.05) is 12.1 Å². The molecule has 0 saturated carbocycles. The second-order valence-corrected chi connectivity index (χ2v) is 9.87. The van der Waals surface area contributed by atoms with E-state index in [4.69, 9.17) is 0 Å². The number of rotatable bonds is 6. The highest BCUT2D eigenvalue weighted by Crippen LogP contribution is 2.28. The Labute approximate surface area is 186 Å². The number of halogens is 2. The highest BCUT2D eigenvalue weighted by atomic mass is 32.2. The van der Waals surface area contributed by atoms with Gasteiger partial charge in [0.05, 0.1) is 4.90 Å². The van der Waals surface area contributed by atoms with Crippen molar-refractivity contribution >= 4 is 33.1 Å². The molecule has 10 heteroatoms. The maximum atomic E-state index is 14.1. The third-order valence-corrected chi connectivity index (χ3v) is 7.33. The summed E-state index contributed by atoms with van der Waals surface area (Å²) in [4.78, 5) is 25.5. The van der Waals surface area contributed by atoms with Crippen LogP contribution in [0.5, 0.6) is 0 Å². The van der Waals surface area contributed by atoms with Gasteiger partial charge < -0.3 is 10.2 Å². The van der Waals surface area contributed by atoms with E-state index in [0.29, 0.717) is 5.56 Å². The minimum Gasteiger partial charge on any atom is -0.373 e. The maximum absolute atomic E-state index is 14.1. The summed E-state index contributed by atoms with van der Waals surface area (Å²) >= 11 is 0. The second kappa shape index (κ2) is 9.33. The van der Waals surface area contributed by atoms with Crippen molar-refractivity contribution < 1.29 is 26.8 Å². The molecular weight excluding hydrogens is 440 g/mol. The molecule has 1 amide bonds. The predicted octanol–water partition coefficient (Wildman–Crippen LogP) is 3.27. The van der Waals surface area contributed by atoms with Crippen LogP contribution in [0.15, 0.2) is 41.3 Å². The Balaban J connectivity index is 1.66. The lowest BCUT2D eigenvalue weighted by Gasteiger charge is -2.30. The number of hydrogen-bond acceptors (Lipinski definition) is 5. The monoisotopic (exact) mass is 465 g/mol. The van der Waals surface area contributed by atoms with E-state index < -0.39 is 33.5 Å². The lowest BCUT2D eigenvalue weighted by molar-refractivity contribution is -0.120. The zero-order valence-electron chi connectivity index (χ0n) is 18.1. The zero-order valence-corrected chi connectivity index (χ0v) is 18.9. The summed E-state index contributed by atoms with van der Waals surface area (Å²) in [5, 5.41) is 2.52. The largest absolute Gasteiger partial charge is 0.373 e. The van der Waals surface area contributed by atoms with Crippen molar-refractivity contribution in [1.82, 2.24) is 4.31 Å². The first-order valence-corrected chi connectivity index (χ1v) is 11.5. The number of nitrogens with one attached hydrogen (secondary N) is 1. The number of anilines is 2. The van der Waals surface area contributed by atoms with Gasteiger partial charge in [0.1, 0.15) is 5.69 Å². The number of hydrogen-bond donors (Lipinski definition) is 1. The summed E-state index contributed by atoms with van der Waals surface area (Å²) in [5.41, 5.74) is 0.113. The molecule has 0 spiro atoms. The summed E-state index contributed by atoms with van der Waals surface area (Å²) in [6, 6.07) is 7.95. The van der Waals surface area contributed by atoms with Crippen LogP contribution < -0.4 is 10.2 Å². The van der Waals surface area contributed by atoms with E-state index in [9.17, 15) is 26.8 Å². The molecule has 1 heterocycles. The van der Waals surface area contributed by atoms with Crippen LogP contribution in [0.1, 0.15) is 30.1 Å². The standard InChI is InChI=1S/C22H25F2N3O4S/c1-14(28)16-5-4-6-18(11-16)32(30,31)27-9-7-15(8-10-27)22(29)25-17-12-19(23)21(26(2)3)20(24)13-17/h4-6,11-13,15H,7-10H2,1-3H3,(H,25,29). The number of benzene rings is 2. The number of sulfonamides is 1. The van der Waals surface area contributed by atoms with E-state index >= 15 is 0 Å². The third-order valence-electron chi connectivity index (χ3n) is 5.43. The van der Waals surface area contributed by atoms with Crippen molar-refractivity contribution in [3.8, 4) is 0 Å². The normalized spacial score (nSPS) is 15.4. The zero-order chi connectivity index (χ0) is 23.6. The fraction of sp³-hybridized carbons (Fsp3) is 0.364. The van der Waals surface area contributed by atoms with E-state index in [1.165, 1.54) is 48.4 Å². The number of carbonyl (C=O) groups is 2. The molecule has 2 aromatic carbocycles. The molecule has 1 N–H and O–H groups in total. The van der Waals surface area contributed by atoms with Gasteiger partial charge in [0.25, 0.3) is 0 Å². The van der Waals surface area contributed by atoms with Crippen LogP contribution in [0.25, 0.3) is 0 Å². The van der Waals surface area contributed by atoms with Crippen molar-refractivity contribution in [2.75, 3.05) is 37.4 Å². The van der Waals surface area contributed by atoms with Crippen molar-refractivity contribution in [3.63, 3.8) is 0 Å². The summed E-state index contributed by atoms with van der Waals surface area (Å²) in [5.74, 6) is -2.73. The van der Waals surface area contributed by atoms with Gasteiger partial charge in [0.2, 0.25) is 15.9 Å². The molecule has 1 saturated heterocycles. The molecule has 7 nitrogen and oxygen atoms in total. The predicted molar refractivity (Wildman–Crippen MR) is 117 cm³/mol. The van der Waals surface area contributed by atoms with Gasteiger partial charge in [0, 0.05) is 44.4 Å². The molecule has 1 aliphatic rings. The Kier molecular flexibility index (Phi) is 6.94. The summed E-state index contributed by atoms with van der Waals surface area (Å²) in [6.07, 6.45) is 0.524. The Morgan fingerprint density at radius 2 is 1.66 bits per heavy atom. The number of amides is 1. The van der Waals surface area contributed by atoms with Crippen LogP contribution in [-0.2, 0) is 14.8 Å². The maximum Gasteiger partial charge on any atom is 0.243 e. The van der Waals surface area contributed by atoms with Crippen LogP contribution in [0.4, 0.5) is 20.2 Å². The van der Waals surface area contributed by atoms with Crippen LogP contribution >= 0.6 is 0 Å².